The first kappa shape index (κ1) is 12.2. The van der Waals surface area contributed by atoms with Gasteiger partial charge in [0.15, 0.2) is 0 Å². The van der Waals surface area contributed by atoms with E-state index in [1.807, 2.05) is 24.3 Å². The molecule has 1 heterocycles. The first-order valence-electron chi connectivity index (χ1n) is 6.56. The Morgan fingerprint density at radius 3 is 2.74 bits per heavy atom. The summed E-state index contributed by atoms with van der Waals surface area (Å²) in [5.74, 6) is -0.202. The number of nitrogens with two attached hydrogens (primary N) is 1. The summed E-state index contributed by atoms with van der Waals surface area (Å²) in [6.07, 6.45) is 0.953. The molecule has 98 valence electrons. The molecule has 0 aliphatic carbocycles. The van der Waals surface area contributed by atoms with Gasteiger partial charge in [0.05, 0.1) is 5.69 Å². The van der Waals surface area contributed by atoms with E-state index in [1.54, 1.807) is 0 Å². The lowest BCUT2D eigenvalue weighted by Gasteiger charge is -2.25. The van der Waals surface area contributed by atoms with E-state index in [2.05, 4.69) is 24.0 Å². The fourth-order valence-corrected chi connectivity index (χ4v) is 2.81. The molecule has 2 aromatic carbocycles. The maximum atomic E-state index is 14.3. The number of para-hydroxylation sites is 1. The minimum absolute atomic E-state index is 0.202. The molecule has 3 heteroatoms. The molecule has 19 heavy (non-hydrogen) atoms. The molecule has 0 radical (unpaired) electrons. The van der Waals surface area contributed by atoms with E-state index in [1.165, 1.54) is 11.6 Å². The molecular weight excluding hydrogens is 239 g/mol. The standard InChI is InChI=1S/C16H17FN2/c1-11-8-13-4-2-3-5-15(13)19(11)16-7-6-12(10-18)9-14(16)17/h2-7,9,11H,8,10,18H2,1H3. The van der Waals surface area contributed by atoms with Gasteiger partial charge in [0.1, 0.15) is 5.82 Å². The Morgan fingerprint density at radius 2 is 2.00 bits per heavy atom. The number of anilines is 2. The summed E-state index contributed by atoms with van der Waals surface area (Å²) >= 11 is 0. The average molecular weight is 256 g/mol. The number of hydrogen-bond donors (Lipinski definition) is 1. The van der Waals surface area contributed by atoms with Crippen molar-refractivity contribution in [1.82, 2.24) is 0 Å². The molecule has 2 aromatic rings. The molecule has 0 saturated carbocycles. The summed E-state index contributed by atoms with van der Waals surface area (Å²) in [4.78, 5) is 2.07. The fourth-order valence-electron chi connectivity index (χ4n) is 2.81. The predicted octanol–water partition coefficient (Wildman–Crippen LogP) is 3.37. The van der Waals surface area contributed by atoms with E-state index in [0.717, 1.165) is 17.7 Å². The van der Waals surface area contributed by atoms with Gasteiger partial charge in [0.2, 0.25) is 0 Å². The Hall–Kier alpha value is -1.87. The Labute approximate surface area is 112 Å². The van der Waals surface area contributed by atoms with E-state index in [-0.39, 0.29) is 11.9 Å². The molecule has 0 saturated heterocycles. The molecule has 2 nitrogen and oxygen atoms in total. The summed E-state index contributed by atoms with van der Waals surface area (Å²) in [6.45, 7) is 2.49. The zero-order valence-corrected chi connectivity index (χ0v) is 10.9. The second-order valence-corrected chi connectivity index (χ2v) is 5.04. The van der Waals surface area contributed by atoms with Gasteiger partial charge in [-0.25, -0.2) is 4.39 Å². The predicted molar refractivity (Wildman–Crippen MR) is 76.0 cm³/mol. The summed E-state index contributed by atoms with van der Waals surface area (Å²) in [5, 5.41) is 0. The molecule has 0 amide bonds. The van der Waals surface area contributed by atoms with E-state index in [0.29, 0.717) is 12.2 Å². The van der Waals surface area contributed by atoms with Crippen LogP contribution in [0.4, 0.5) is 15.8 Å². The van der Waals surface area contributed by atoms with Crippen LogP contribution in [-0.2, 0) is 13.0 Å². The number of fused-ring (bicyclic) bond motifs is 1. The van der Waals surface area contributed by atoms with Crippen LogP contribution in [0.5, 0.6) is 0 Å². The smallest absolute Gasteiger partial charge is 0.147 e. The Bertz CT molecular complexity index is 609. The van der Waals surface area contributed by atoms with Crippen molar-refractivity contribution in [3.8, 4) is 0 Å². The molecule has 0 bridgehead atoms. The molecule has 1 aliphatic rings. The molecule has 1 aliphatic heterocycles. The average Bonchev–Trinajstić information content (AvgIpc) is 2.75. The minimum atomic E-state index is -0.202. The van der Waals surface area contributed by atoms with Crippen LogP contribution < -0.4 is 10.6 Å². The van der Waals surface area contributed by atoms with Gasteiger partial charge in [0, 0.05) is 18.3 Å². The zero-order valence-electron chi connectivity index (χ0n) is 10.9. The lowest BCUT2D eigenvalue weighted by molar-refractivity contribution is 0.616. The minimum Gasteiger partial charge on any atom is -0.336 e. The van der Waals surface area contributed by atoms with Crippen molar-refractivity contribution in [2.24, 2.45) is 5.73 Å². The Kier molecular flexibility index (Phi) is 2.99. The summed E-state index contributed by atoms with van der Waals surface area (Å²) in [5.41, 5.74) is 9.38. The molecule has 3 rings (SSSR count). The molecule has 1 atom stereocenters. The SMILES string of the molecule is CC1Cc2ccccc2N1c1ccc(CN)cc1F. The highest BCUT2D eigenvalue weighted by Gasteiger charge is 2.28. The van der Waals surface area contributed by atoms with Crippen molar-refractivity contribution >= 4 is 11.4 Å². The van der Waals surface area contributed by atoms with Gasteiger partial charge in [-0.2, -0.15) is 0 Å². The highest BCUT2D eigenvalue weighted by molar-refractivity contribution is 5.71. The van der Waals surface area contributed by atoms with Gasteiger partial charge >= 0.3 is 0 Å². The van der Waals surface area contributed by atoms with Crippen molar-refractivity contribution in [3.63, 3.8) is 0 Å². The summed E-state index contributed by atoms with van der Waals surface area (Å²) in [7, 11) is 0. The largest absolute Gasteiger partial charge is 0.336 e. The summed E-state index contributed by atoms with van der Waals surface area (Å²) < 4.78 is 14.3. The highest BCUT2D eigenvalue weighted by Crippen LogP contribution is 2.39. The van der Waals surface area contributed by atoms with Gasteiger partial charge in [-0.3, -0.25) is 0 Å². The Morgan fingerprint density at radius 1 is 1.21 bits per heavy atom. The number of nitrogens with zero attached hydrogens (tertiary/aromatic N) is 1. The third kappa shape index (κ3) is 2.00. The van der Waals surface area contributed by atoms with Crippen LogP contribution >= 0.6 is 0 Å². The first-order valence-corrected chi connectivity index (χ1v) is 6.56. The van der Waals surface area contributed by atoms with Crippen LogP contribution in [0.15, 0.2) is 42.5 Å². The quantitative estimate of drug-likeness (QED) is 0.892. The van der Waals surface area contributed by atoms with Crippen molar-refractivity contribution in [2.45, 2.75) is 25.9 Å². The monoisotopic (exact) mass is 256 g/mol. The lowest BCUT2D eigenvalue weighted by Crippen LogP contribution is -2.24. The highest BCUT2D eigenvalue weighted by atomic mass is 19.1. The van der Waals surface area contributed by atoms with Gasteiger partial charge in [0.25, 0.3) is 0 Å². The van der Waals surface area contributed by atoms with Crippen molar-refractivity contribution < 1.29 is 4.39 Å². The van der Waals surface area contributed by atoms with Crippen LogP contribution in [-0.4, -0.2) is 6.04 Å². The van der Waals surface area contributed by atoms with Crippen LogP contribution in [0.2, 0.25) is 0 Å². The van der Waals surface area contributed by atoms with Gasteiger partial charge in [-0.05, 0) is 42.7 Å². The first-order chi connectivity index (χ1) is 9.20. The lowest BCUT2D eigenvalue weighted by atomic mass is 10.1. The second-order valence-electron chi connectivity index (χ2n) is 5.04. The second kappa shape index (κ2) is 4.67. The number of benzene rings is 2. The van der Waals surface area contributed by atoms with E-state index >= 15 is 0 Å². The third-order valence-electron chi connectivity index (χ3n) is 3.71. The zero-order chi connectivity index (χ0) is 13.4. The molecule has 0 spiro atoms. The molecule has 0 aromatic heterocycles. The van der Waals surface area contributed by atoms with Crippen molar-refractivity contribution in [3.05, 3.63) is 59.4 Å². The number of halogens is 1. The number of hydrogen-bond acceptors (Lipinski definition) is 2. The van der Waals surface area contributed by atoms with Gasteiger partial charge < -0.3 is 10.6 Å². The third-order valence-corrected chi connectivity index (χ3v) is 3.71. The van der Waals surface area contributed by atoms with Crippen molar-refractivity contribution in [2.75, 3.05) is 4.90 Å². The number of rotatable bonds is 2. The maximum Gasteiger partial charge on any atom is 0.147 e. The van der Waals surface area contributed by atoms with Crippen LogP contribution in [0.3, 0.4) is 0 Å². The van der Waals surface area contributed by atoms with E-state index in [9.17, 15) is 4.39 Å². The normalized spacial score (nSPS) is 17.6. The topological polar surface area (TPSA) is 29.3 Å². The van der Waals surface area contributed by atoms with Gasteiger partial charge in [-0.15, -0.1) is 0 Å². The van der Waals surface area contributed by atoms with Crippen LogP contribution in [0.1, 0.15) is 18.1 Å². The Balaban J connectivity index is 2.07. The van der Waals surface area contributed by atoms with Crippen LogP contribution in [0, 0.1) is 5.82 Å². The van der Waals surface area contributed by atoms with Gasteiger partial charge in [-0.1, -0.05) is 24.3 Å². The molecule has 2 N–H and O–H groups in total. The maximum absolute atomic E-state index is 14.3. The molecule has 0 fully saturated rings. The van der Waals surface area contributed by atoms with Crippen LogP contribution in [0.25, 0.3) is 0 Å². The van der Waals surface area contributed by atoms with E-state index < -0.39 is 0 Å². The summed E-state index contributed by atoms with van der Waals surface area (Å²) in [6, 6.07) is 13.7. The van der Waals surface area contributed by atoms with Crippen molar-refractivity contribution in [1.29, 1.82) is 0 Å². The fraction of sp³-hybridized carbons (Fsp3) is 0.250. The molecule has 1 unspecified atom stereocenters. The van der Waals surface area contributed by atoms with E-state index in [4.69, 9.17) is 5.73 Å². The molecular formula is C16H17FN2.